The van der Waals surface area contributed by atoms with Crippen molar-refractivity contribution in [3.63, 3.8) is 0 Å². The van der Waals surface area contributed by atoms with E-state index in [-0.39, 0.29) is 22.4 Å². The third-order valence-corrected chi connectivity index (χ3v) is 7.74. The van der Waals surface area contributed by atoms with Gasteiger partial charge in [-0.15, -0.1) is 0 Å². The Morgan fingerprint density at radius 2 is 1.81 bits per heavy atom. The second-order valence-electron chi connectivity index (χ2n) is 10.1. The van der Waals surface area contributed by atoms with Gasteiger partial charge in [0.05, 0.1) is 34.9 Å². The van der Waals surface area contributed by atoms with Crippen LogP contribution in [0.4, 0.5) is 0 Å². The number of phenols is 1. The summed E-state index contributed by atoms with van der Waals surface area (Å²) in [7, 11) is 2.92. The zero-order valence-electron chi connectivity index (χ0n) is 20.1. The number of carbonyl (C=O) groups excluding carboxylic acids is 4. The molecule has 37 heavy (non-hydrogen) atoms. The predicted octanol–water partition coefficient (Wildman–Crippen LogP) is 0.366. The molecule has 4 aliphatic carbocycles. The molecule has 0 aliphatic heterocycles. The number of aliphatic hydroxyl groups is 3. The molecule has 5 atom stereocenters. The molecular weight excluding hydrogens is 484 g/mol. The summed E-state index contributed by atoms with van der Waals surface area (Å²) in [6.07, 6.45) is -0.324. The number of Topliss-reactive ketones (excluding diaryl/α,β-unsaturated/α-hetero) is 2. The molecule has 1 amide bonds. The molecule has 0 saturated heterocycles. The monoisotopic (exact) mass is 510 g/mol. The Kier molecular flexibility index (Phi) is 5.36. The Morgan fingerprint density at radius 3 is 2.38 bits per heavy atom. The number of amides is 1. The number of ketones is 2. The van der Waals surface area contributed by atoms with Gasteiger partial charge < -0.3 is 30.9 Å². The third-order valence-electron chi connectivity index (χ3n) is 7.74. The minimum Gasteiger partial charge on any atom is -0.508 e. The summed E-state index contributed by atoms with van der Waals surface area (Å²) in [5, 5.41) is 44.7. The number of nitrogens with two attached hydrogens (primary N) is 1. The molecule has 0 radical (unpaired) electrons. The zero-order chi connectivity index (χ0) is 27.1. The number of hydrogen-bond donors (Lipinski definition) is 5. The van der Waals surface area contributed by atoms with Crippen molar-refractivity contribution in [2.24, 2.45) is 23.5 Å². The summed E-state index contributed by atoms with van der Waals surface area (Å²) in [5.41, 5.74) is 1.28. The van der Waals surface area contributed by atoms with Crippen molar-refractivity contribution in [2.45, 2.75) is 30.6 Å². The van der Waals surface area contributed by atoms with Gasteiger partial charge in [0.15, 0.2) is 11.4 Å². The fraction of sp³-hybridized carbons (Fsp3) is 0.385. The summed E-state index contributed by atoms with van der Waals surface area (Å²) in [6.45, 7) is 4.05. The number of phenolic OH excluding ortho intramolecular Hbond substituents is 1. The molecule has 4 aliphatic rings. The van der Waals surface area contributed by atoms with Crippen molar-refractivity contribution in [1.82, 2.24) is 4.90 Å². The van der Waals surface area contributed by atoms with E-state index in [9.17, 15) is 39.6 Å². The molecule has 0 heterocycles. The fourth-order valence-corrected chi connectivity index (χ4v) is 5.87. The number of aliphatic hydroxyl groups excluding tert-OH is 2. The van der Waals surface area contributed by atoms with Crippen LogP contribution in [-0.4, -0.2) is 80.6 Å². The molecule has 194 valence electrons. The van der Waals surface area contributed by atoms with E-state index < -0.39 is 81.6 Å². The molecule has 11 nitrogen and oxygen atoms in total. The molecule has 0 aromatic heterocycles. The summed E-state index contributed by atoms with van der Waals surface area (Å²) < 4.78 is 5.86. The lowest BCUT2D eigenvalue weighted by Crippen LogP contribution is -2.70. The molecule has 11 heteroatoms. The Balaban J connectivity index is 1.84. The minimum atomic E-state index is -2.97. The first-order valence-electron chi connectivity index (χ1n) is 11.7. The van der Waals surface area contributed by atoms with Gasteiger partial charge in [0.2, 0.25) is 5.78 Å². The molecule has 6 N–H and O–H groups in total. The lowest BCUT2D eigenvalue weighted by molar-refractivity contribution is -0.182. The van der Waals surface area contributed by atoms with Gasteiger partial charge in [-0.2, -0.15) is 0 Å². The first-order valence-corrected chi connectivity index (χ1v) is 11.7. The van der Waals surface area contributed by atoms with E-state index in [1.807, 2.05) is 0 Å². The van der Waals surface area contributed by atoms with Crippen molar-refractivity contribution in [2.75, 3.05) is 14.1 Å². The maximum Gasteiger partial charge on any atom is 0.309 e. The highest BCUT2D eigenvalue weighted by Gasteiger charge is 2.69. The highest BCUT2D eigenvalue weighted by molar-refractivity contribution is 6.25. The van der Waals surface area contributed by atoms with Crippen molar-refractivity contribution in [1.29, 1.82) is 0 Å². The van der Waals surface area contributed by atoms with E-state index in [2.05, 4.69) is 6.58 Å². The Morgan fingerprint density at radius 1 is 1.16 bits per heavy atom. The molecule has 5 rings (SSSR count). The summed E-state index contributed by atoms with van der Waals surface area (Å²) in [4.78, 5) is 53.9. The van der Waals surface area contributed by atoms with Crippen molar-refractivity contribution < 1.29 is 44.3 Å². The van der Waals surface area contributed by atoms with Crippen LogP contribution in [0.3, 0.4) is 0 Å². The molecule has 0 bridgehead atoms. The van der Waals surface area contributed by atoms with Gasteiger partial charge in [-0.25, -0.2) is 0 Å². The maximum absolute atomic E-state index is 14.0. The number of carbonyl (C=O) groups is 4. The summed E-state index contributed by atoms with van der Waals surface area (Å²) in [6, 6.07) is 2.91. The van der Waals surface area contributed by atoms with E-state index in [0.29, 0.717) is 12.8 Å². The van der Waals surface area contributed by atoms with Gasteiger partial charge in [0.25, 0.3) is 5.91 Å². The molecule has 2 saturated carbocycles. The van der Waals surface area contributed by atoms with Crippen LogP contribution < -0.4 is 5.73 Å². The van der Waals surface area contributed by atoms with Crippen LogP contribution in [-0.2, 0) is 23.9 Å². The maximum atomic E-state index is 14.0. The van der Waals surface area contributed by atoms with Gasteiger partial charge in [0, 0.05) is 0 Å². The van der Waals surface area contributed by atoms with E-state index in [4.69, 9.17) is 10.5 Å². The molecular formula is C26H26N2O9. The van der Waals surface area contributed by atoms with Crippen LogP contribution in [0.1, 0.15) is 24.0 Å². The Hall–Kier alpha value is -3.96. The number of ether oxygens (including phenoxy) is 1. The number of rotatable bonds is 4. The molecule has 1 aromatic carbocycles. The second kappa shape index (κ2) is 8.02. The summed E-state index contributed by atoms with van der Waals surface area (Å²) >= 11 is 0. The zero-order valence-corrected chi connectivity index (χ0v) is 20.1. The smallest absolute Gasteiger partial charge is 0.309 e. The Labute approximate surface area is 211 Å². The number of primary amides is 1. The third kappa shape index (κ3) is 3.20. The van der Waals surface area contributed by atoms with E-state index >= 15 is 0 Å². The number of esters is 1. The van der Waals surface area contributed by atoms with Gasteiger partial charge in [-0.1, -0.05) is 18.7 Å². The van der Waals surface area contributed by atoms with Crippen molar-refractivity contribution >= 4 is 34.8 Å². The van der Waals surface area contributed by atoms with Crippen LogP contribution in [0.15, 0.2) is 41.7 Å². The lowest BCUT2D eigenvalue weighted by Gasteiger charge is -2.53. The van der Waals surface area contributed by atoms with Crippen LogP contribution >= 0.6 is 0 Å². The molecule has 0 spiro atoms. The normalized spacial score (nSPS) is 31.2. The number of aromatic hydroxyl groups is 1. The number of fused-ring (bicyclic) bond motifs is 3. The van der Waals surface area contributed by atoms with Crippen molar-refractivity contribution in [3.05, 3.63) is 52.8 Å². The first kappa shape index (κ1) is 24.7. The van der Waals surface area contributed by atoms with E-state index in [0.717, 1.165) is 0 Å². The van der Waals surface area contributed by atoms with E-state index in [1.54, 1.807) is 6.07 Å². The van der Waals surface area contributed by atoms with Crippen LogP contribution in [0, 0.1) is 17.8 Å². The second-order valence-corrected chi connectivity index (χ2v) is 10.1. The SMILES string of the molecule is C=C1c2cccc(O)c2C(O)=C2C(=O)[C@@]3(O)C(O)=C(C(N)=O)C(=O)[C@H](N(C)C)[C@H]3[C@H](OC(=O)C3CC3)[C@@H]12. The lowest BCUT2D eigenvalue weighted by atomic mass is 9.55. The molecule has 2 fully saturated rings. The average Bonchev–Trinajstić information content (AvgIpc) is 3.66. The minimum absolute atomic E-state index is 0.129. The fourth-order valence-electron chi connectivity index (χ4n) is 5.87. The van der Waals surface area contributed by atoms with Crippen LogP contribution in [0.25, 0.3) is 11.3 Å². The predicted molar refractivity (Wildman–Crippen MR) is 128 cm³/mol. The highest BCUT2D eigenvalue weighted by Crippen LogP contribution is 2.56. The topological polar surface area (TPSA) is 188 Å². The van der Waals surface area contributed by atoms with Gasteiger partial charge in [-0.05, 0) is 44.1 Å². The average molecular weight is 510 g/mol. The first-order chi connectivity index (χ1) is 17.3. The quantitative estimate of drug-likeness (QED) is 0.280. The number of benzene rings is 1. The van der Waals surface area contributed by atoms with Crippen LogP contribution in [0.5, 0.6) is 5.75 Å². The van der Waals surface area contributed by atoms with E-state index in [1.165, 1.54) is 31.1 Å². The highest BCUT2D eigenvalue weighted by atomic mass is 16.5. The number of likely N-dealkylation sites (N-methyl/N-ethyl adjacent to an activating group) is 1. The largest absolute Gasteiger partial charge is 0.508 e. The molecule has 0 unspecified atom stereocenters. The Bertz CT molecular complexity index is 1370. The standard InChI is InChI=1S/C26H26N2O9/c1-9-11-5-4-6-12(29)14(11)19(30)15-13(9)21(37-25(35)10-7-8-10)17-18(28(2)3)20(31)16(24(27)34)23(33)26(17,36)22(15)32/h4-6,10,13,17-18,21,29-30,33,36H,1,7-8H2,2-3H3,(H2,27,34)/t13-,17-,18+,21+,26+/m0/s1. The van der Waals surface area contributed by atoms with Gasteiger partial charge in [-0.3, -0.25) is 24.1 Å². The molecule has 1 aromatic rings. The number of nitrogens with zero attached hydrogens (tertiary/aromatic N) is 1. The van der Waals surface area contributed by atoms with Gasteiger partial charge in [0.1, 0.15) is 28.9 Å². The van der Waals surface area contributed by atoms with Gasteiger partial charge >= 0.3 is 5.97 Å². The van der Waals surface area contributed by atoms with Crippen LogP contribution in [0.2, 0.25) is 0 Å². The number of hydrogen-bond acceptors (Lipinski definition) is 10. The summed E-state index contributed by atoms with van der Waals surface area (Å²) in [5.74, 6) is -9.79. The van der Waals surface area contributed by atoms with Crippen molar-refractivity contribution in [3.8, 4) is 5.75 Å².